The van der Waals surface area contributed by atoms with E-state index in [1.54, 1.807) is 0 Å². The van der Waals surface area contributed by atoms with Crippen molar-refractivity contribution < 1.29 is 0 Å². The van der Waals surface area contributed by atoms with Crippen LogP contribution in [0.1, 0.15) is 65.8 Å². The first kappa shape index (κ1) is 46.8. The number of rotatable bonds is 10. The third-order valence-corrected chi connectivity index (χ3v) is 17.5. The number of benzene rings is 12. The molecule has 2 aliphatic carbocycles. The van der Waals surface area contributed by atoms with E-state index >= 15 is 0 Å². The first-order valence-electron chi connectivity index (χ1n) is 28.3. The lowest BCUT2D eigenvalue weighted by molar-refractivity contribution is 0.445. The van der Waals surface area contributed by atoms with Gasteiger partial charge in [0.15, 0.2) is 0 Å². The van der Waals surface area contributed by atoms with E-state index in [0.717, 1.165) is 33.9 Å². The van der Waals surface area contributed by atoms with Crippen LogP contribution in [0, 0.1) is 0 Å². The number of hydrogen-bond acceptors (Lipinski definition) is 1. The Morgan fingerprint density at radius 3 is 1.70 bits per heavy atom. The van der Waals surface area contributed by atoms with Crippen LogP contribution in [-0.4, -0.2) is 4.57 Å². The Balaban J connectivity index is 0.956. The minimum absolute atomic E-state index is 0.529. The van der Waals surface area contributed by atoms with Gasteiger partial charge in [0.05, 0.1) is 27.8 Å². The van der Waals surface area contributed by atoms with E-state index in [-0.39, 0.29) is 0 Å². The number of fused-ring (bicyclic) bond motifs is 7. The minimum atomic E-state index is -0.529. The summed E-state index contributed by atoms with van der Waals surface area (Å²) in [5.74, 6) is 0.545. The minimum Gasteiger partial charge on any atom is -0.309 e. The Kier molecular flexibility index (Phi) is 11.5. The maximum atomic E-state index is 2.56. The number of anilines is 3. The van der Waals surface area contributed by atoms with E-state index < -0.39 is 5.41 Å². The fraction of sp³-hybridized carbons (Fsp3) is 0.0909. The molecule has 1 fully saturated rings. The van der Waals surface area contributed by atoms with Crippen LogP contribution >= 0.6 is 0 Å². The maximum Gasteiger partial charge on any atom is 0.0713 e. The third kappa shape index (κ3) is 7.69. The fourth-order valence-electron chi connectivity index (χ4n) is 14.0. The summed E-state index contributed by atoms with van der Waals surface area (Å²) in [6.07, 6.45) is 6.37. The molecule has 376 valence electrons. The average Bonchev–Trinajstić information content (AvgIpc) is 3.68. The summed E-state index contributed by atoms with van der Waals surface area (Å²) in [7, 11) is 0. The lowest BCUT2D eigenvalue weighted by Crippen LogP contribution is -2.28. The molecule has 0 spiro atoms. The molecule has 1 aromatic heterocycles. The van der Waals surface area contributed by atoms with Crippen LogP contribution < -0.4 is 4.90 Å². The first-order valence-corrected chi connectivity index (χ1v) is 28.3. The second-order valence-electron chi connectivity index (χ2n) is 21.7. The smallest absolute Gasteiger partial charge is 0.0713 e. The Labute approximate surface area is 463 Å². The molecule has 0 radical (unpaired) electrons. The average molecular weight is 1010 g/mol. The lowest BCUT2D eigenvalue weighted by atomic mass is 9.67. The standard InChI is InChI=1S/C77H58N2/c1-5-24-53(25-6-1)63-40-22-26-54-27-23-41-68(76(54)63)66-38-15-19-44-73(66)79(61-35-21-28-55(50-61)56-47-49-75-69(51-56)67-39-16-20-45-74(67)78(75)60-33-11-4-12-34-60)72-43-18-14-36-62(72)57-46-48-65-64-37-13-17-42-70(64)77(71(65)52-57,58-29-7-2-8-30-58)59-31-9-3-10-32-59/h2-4,7-23,26-53H,1,5-6,24-25H2. The zero-order chi connectivity index (χ0) is 52.3. The van der Waals surface area contributed by atoms with E-state index in [4.69, 9.17) is 0 Å². The third-order valence-electron chi connectivity index (χ3n) is 17.5. The number of nitrogens with zero attached hydrogens (tertiary/aromatic N) is 2. The Morgan fingerprint density at radius 1 is 0.354 bits per heavy atom. The van der Waals surface area contributed by atoms with Crippen molar-refractivity contribution >= 4 is 49.6 Å². The van der Waals surface area contributed by atoms with Gasteiger partial charge in [-0.3, -0.25) is 0 Å². The van der Waals surface area contributed by atoms with Crippen molar-refractivity contribution in [1.29, 1.82) is 0 Å². The molecule has 1 heterocycles. The normalized spacial score (nSPS) is 13.9. The molecule has 0 bridgehead atoms. The molecular formula is C77H58N2. The Hall–Kier alpha value is -9.50. The van der Waals surface area contributed by atoms with Gasteiger partial charge in [0.2, 0.25) is 0 Å². The molecule has 0 saturated heterocycles. The highest BCUT2D eigenvalue weighted by Crippen LogP contribution is 2.57. The van der Waals surface area contributed by atoms with Crippen LogP contribution in [-0.2, 0) is 5.41 Å². The van der Waals surface area contributed by atoms with Crippen LogP contribution in [0.2, 0.25) is 0 Å². The van der Waals surface area contributed by atoms with Gasteiger partial charge < -0.3 is 9.47 Å². The maximum absolute atomic E-state index is 2.56. The molecule has 1 saturated carbocycles. The van der Waals surface area contributed by atoms with E-state index in [1.165, 1.54) is 126 Å². The van der Waals surface area contributed by atoms with Gasteiger partial charge in [0.1, 0.15) is 0 Å². The van der Waals surface area contributed by atoms with Crippen LogP contribution in [0.3, 0.4) is 0 Å². The highest BCUT2D eigenvalue weighted by Gasteiger charge is 2.46. The second kappa shape index (κ2) is 19.5. The topological polar surface area (TPSA) is 8.17 Å². The summed E-state index contributed by atoms with van der Waals surface area (Å²) < 4.78 is 2.40. The largest absolute Gasteiger partial charge is 0.309 e. The zero-order valence-electron chi connectivity index (χ0n) is 44.1. The van der Waals surface area contributed by atoms with E-state index in [1.807, 2.05) is 0 Å². The Bertz CT molecular complexity index is 4360. The van der Waals surface area contributed by atoms with Crippen LogP contribution in [0.5, 0.6) is 0 Å². The summed E-state index contributed by atoms with van der Waals surface area (Å²) in [5, 5.41) is 5.16. The predicted octanol–water partition coefficient (Wildman–Crippen LogP) is 20.8. The molecule has 79 heavy (non-hydrogen) atoms. The van der Waals surface area contributed by atoms with Crippen molar-refractivity contribution in [3.8, 4) is 50.2 Å². The monoisotopic (exact) mass is 1010 g/mol. The predicted molar refractivity (Wildman–Crippen MR) is 332 cm³/mol. The summed E-state index contributed by atoms with van der Waals surface area (Å²) in [5.41, 5.74) is 22.7. The van der Waals surface area contributed by atoms with Gasteiger partial charge >= 0.3 is 0 Å². The number of para-hydroxylation sites is 4. The quantitative estimate of drug-likeness (QED) is 0.133. The van der Waals surface area contributed by atoms with Crippen molar-refractivity contribution in [3.63, 3.8) is 0 Å². The van der Waals surface area contributed by atoms with Gasteiger partial charge in [-0.1, -0.05) is 244 Å². The molecule has 13 aromatic rings. The number of aromatic nitrogens is 1. The number of hydrogen-bond donors (Lipinski definition) is 0. The summed E-state index contributed by atoms with van der Waals surface area (Å²) in [6.45, 7) is 0. The fourth-order valence-corrected chi connectivity index (χ4v) is 14.0. The van der Waals surface area contributed by atoms with Crippen LogP contribution in [0.4, 0.5) is 17.1 Å². The molecule has 0 N–H and O–H groups in total. The molecule has 0 unspecified atom stereocenters. The molecule has 0 atom stereocenters. The highest BCUT2D eigenvalue weighted by atomic mass is 15.1. The lowest BCUT2D eigenvalue weighted by Gasteiger charge is -2.34. The first-order chi connectivity index (χ1) is 39.2. The molecule has 15 rings (SSSR count). The summed E-state index contributed by atoms with van der Waals surface area (Å²) in [4.78, 5) is 2.56. The van der Waals surface area contributed by atoms with Crippen molar-refractivity contribution in [2.24, 2.45) is 0 Å². The Morgan fingerprint density at radius 2 is 0.924 bits per heavy atom. The van der Waals surface area contributed by atoms with Gasteiger partial charge in [0.25, 0.3) is 0 Å². The molecular weight excluding hydrogens is 953 g/mol. The van der Waals surface area contributed by atoms with Crippen LogP contribution in [0.15, 0.2) is 285 Å². The summed E-state index contributed by atoms with van der Waals surface area (Å²) >= 11 is 0. The van der Waals surface area contributed by atoms with Gasteiger partial charge in [-0.25, -0.2) is 0 Å². The summed E-state index contributed by atoms with van der Waals surface area (Å²) in [6, 6.07) is 107. The van der Waals surface area contributed by atoms with Crippen molar-refractivity contribution in [2.45, 2.75) is 43.4 Å². The molecule has 0 amide bonds. The molecule has 2 nitrogen and oxygen atoms in total. The van der Waals surface area contributed by atoms with E-state index in [2.05, 4.69) is 295 Å². The van der Waals surface area contributed by atoms with E-state index in [0.29, 0.717) is 5.92 Å². The highest BCUT2D eigenvalue weighted by molar-refractivity contribution is 6.11. The van der Waals surface area contributed by atoms with Gasteiger partial charge in [-0.2, -0.15) is 0 Å². The van der Waals surface area contributed by atoms with Gasteiger partial charge in [0, 0.05) is 33.3 Å². The van der Waals surface area contributed by atoms with Gasteiger partial charge in [-0.15, -0.1) is 0 Å². The second-order valence-corrected chi connectivity index (χ2v) is 21.7. The van der Waals surface area contributed by atoms with Crippen molar-refractivity contribution in [2.75, 3.05) is 4.90 Å². The molecule has 2 aliphatic rings. The van der Waals surface area contributed by atoms with Gasteiger partial charge in [-0.05, 0) is 151 Å². The van der Waals surface area contributed by atoms with Crippen LogP contribution in [0.25, 0.3) is 82.8 Å². The van der Waals surface area contributed by atoms with Crippen molar-refractivity contribution in [3.05, 3.63) is 313 Å². The molecule has 12 aromatic carbocycles. The molecule has 2 heteroatoms. The zero-order valence-corrected chi connectivity index (χ0v) is 44.1. The molecule has 0 aliphatic heterocycles. The SMILES string of the molecule is c1ccc(-n2c3ccccc3c3cc(-c4cccc(N(c5ccccc5-c5ccc6c(c5)C(c5ccccc5)(c5ccccc5)c5ccccc5-6)c5ccccc5-c5cccc6cccc(C7CCCCC7)c56)c4)ccc32)cc1. The van der Waals surface area contributed by atoms with E-state index in [9.17, 15) is 0 Å². The van der Waals surface area contributed by atoms with Crippen molar-refractivity contribution in [1.82, 2.24) is 4.57 Å².